The Balaban J connectivity index is 1.79. The fourth-order valence-corrected chi connectivity index (χ4v) is 2.44. The second-order valence-corrected chi connectivity index (χ2v) is 5.16. The van der Waals surface area contributed by atoms with Crippen LogP contribution in [0.15, 0.2) is 73.2 Å². The molecule has 0 aliphatic heterocycles. The van der Waals surface area contributed by atoms with Gasteiger partial charge < -0.3 is 9.88 Å². The highest BCUT2D eigenvalue weighted by molar-refractivity contribution is 5.90. The van der Waals surface area contributed by atoms with E-state index in [1.165, 1.54) is 12.1 Å². The Labute approximate surface area is 133 Å². The lowest BCUT2D eigenvalue weighted by Crippen LogP contribution is -2.20. The molecule has 1 N–H and O–H groups in total. The molecule has 0 radical (unpaired) electrons. The third kappa shape index (κ3) is 3.83. The van der Waals surface area contributed by atoms with Crippen LogP contribution >= 0.6 is 0 Å². The van der Waals surface area contributed by atoms with Crippen molar-refractivity contribution in [2.75, 3.05) is 5.32 Å². The summed E-state index contributed by atoms with van der Waals surface area (Å²) >= 11 is 0. The van der Waals surface area contributed by atoms with Crippen molar-refractivity contribution in [3.63, 3.8) is 0 Å². The molecule has 0 saturated carbocycles. The molecule has 1 aromatic carbocycles. The highest BCUT2D eigenvalue weighted by atomic mass is 19.1. The number of anilines is 1. The zero-order valence-electron chi connectivity index (χ0n) is 12.4. The van der Waals surface area contributed by atoms with E-state index in [1.807, 2.05) is 35.2 Å². The van der Waals surface area contributed by atoms with Crippen molar-refractivity contribution in [3.05, 3.63) is 84.6 Å². The average molecular weight is 309 g/mol. The summed E-state index contributed by atoms with van der Waals surface area (Å²) in [5.74, 6) is 0.0764. The van der Waals surface area contributed by atoms with Crippen LogP contribution in [-0.2, 0) is 4.79 Å². The summed E-state index contributed by atoms with van der Waals surface area (Å²) in [6, 6.07) is 15.1. The predicted octanol–water partition coefficient (Wildman–Crippen LogP) is 3.64. The van der Waals surface area contributed by atoms with Gasteiger partial charge in [0.25, 0.3) is 0 Å². The van der Waals surface area contributed by atoms with Gasteiger partial charge in [-0.1, -0.05) is 18.2 Å². The van der Waals surface area contributed by atoms with Crippen LogP contribution in [0.4, 0.5) is 10.2 Å². The van der Waals surface area contributed by atoms with E-state index in [9.17, 15) is 9.18 Å². The summed E-state index contributed by atoms with van der Waals surface area (Å²) in [5, 5.41) is 2.78. The molecule has 0 aliphatic rings. The zero-order valence-corrected chi connectivity index (χ0v) is 12.4. The van der Waals surface area contributed by atoms with Crippen molar-refractivity contribution in [1.82, 2.24) is 9.55 Å². The average Bonchev–Trinajstić information content (AvgIpc) is 3.09. The molecule has 2 aromatic heterocycles. The van der Waals surface area contributed by atoms with Crippen LogP contribution in [0.2, 0.25) is 0 Å². The van der Waals surface area contributed by atoms with Crippen molar-refractivity contribution >= 4 is 11.7 Å². The van der Waals surface area contributed by atoms with E-state index in [-0.39, 0.29) is 24.2 Å². The molecule has 5 heteroatoms. The molecule has 0 spiro atoms. The molecular weight excluding hydrogens is 293 g/mol. The van der Waals surface area contributed by atoms with Crippen molar-refractivity contribution in [2.24, 2.45) is 0 Å². The van der Waals surface area contributed by atoms with Gasteiger partial charge in [-0.15, -0.1) is 0 Å². The minimum Gasteiger partial charge on any atom is -0.346 e. The molecule has 0 fully saturated rings. The van der Waals surface area contributed by atoms with Crippen LogP contribution in [0.5, 0.6) is 0 Å². The first-order chi connectivity index (χ1) is 11.2. The van der Waals surface area contributed by atoms with Crippen molar-refractivity contribution < 1.29 is 9.18 Å². The molecule has 0 saturated heterocycles. The van der Waals surface area contributed by atoms with Gasteiger partial charge in [-0.2, -0.15) is 0 Å². The number of rotatable bonds is 5. The lowest BCUT2D eigenvalue weighted by Gasteiger charge is -2.19. The lowest BCUT2D eigenvalue weighted by molar-refractivity contribution is -0.116. The predicted molar refractivity (Wildman–Crippen MR) is 86.5 cm³/mol. The lowest BCUT2D eigenvalue weighted by atomic mass is 10.0. The minimum absolute atomic E-state index is 0.147. The fourth-order valence-electron chi connectivity index (χ4n) is 2.44. The third-order valence-corrected chi connectivity index (χ3v) is 3.55. The molecule has 0 aliphatic carbocycles. The molecule has 23 heavy (non-hydrogen) atoms. The Hall–Kier alpha value is -2.95. The number of hydrogen-bond donors (Lipinski definition) is 1. The Morgan fingerprint density at radius 3 is 2.48 bits per heavy atom. The van der Waals surface area contributed by atoms with Gasteiger partial charge in [0.15, 0.2) is 0 Å². The van der Waals surface area contributed by atoms with Crippen LogP contribution in [0.3, 0.4) is 0 Å². The number of hydrogen-bond acceptors (Lipinski definition) is 2. The van der Waals surface area contributed by atoms with Gasteiger partial charge in [0, 0.05) is 18.6 Å². The number of benzene rings is 1. The van der Waals surface area contributed by atoms with Gasteiger partial charge >= 0.3 is 0 Å². The summed E-state index contributed by atoms with van der Waals surface area (Å²) in [6.07, 6.45) is 5.64. The van der Waals surface area contributed by atoms with Crippen LogP contribution in [0, 0.1) is 5.82 Å². The van der Waals surface area contributed by atoms with Crippen LogP contribution in [-0.4, -0.2) is 15.5 Å². The third-order valence-electron chi connectivity index (χ3n) is 3.55. The number of nitrogens with zero attached hydrogens (tertiary/aromatic N) is 2. The molecule has 0 bridgehead atoms. The standard InChI is InChI=1S/C18H16FN3O/c19-15-8-6-14(7-9-15)16(22-11-3-4-12-22)13-18(23)21-17-5-1-2-10-20-17/h1-12,16H,13H2,(H,20,21,23)/t16-/m1/s1. The smallest absolute Gasteiger partial charge is 0.227 e. The molecule has 3 rings (SSSR count). The Kier molecular flexibility index (Phi) is 4.47. The van der Waals surface area contributed by atoms with E-state index in [4.69, 9.17) is 0 Å². The normalized spacial score (nSPS) is 11.9. The number of carbonyl (C=O) groups is 1. The number of pyridine rings is 1. The Bertz CT molecular complexity index is 755. The summed E-state index contributed by atoms with van der Waals surface area (Å²) in [5.41, 5.74) is 0.874. The maximum Gasteiger partial charge on any atom is 0.227 e. The second-order valence-electron chi connectivity index (χ2n) is 5.16. The van der Waals surface area contributed by atoms with E-state index in [0.29, 0.717) is 5.82 Å². The largest absolute Gasteiger partial charge is 0.346 e. The van der Waals surface area contributed by atoms with E-state index >= 15 is 0 Å². The van der Waals surface area contributed by atoms with Gasteiger partial charge in [0.2, 0.25) is 5.91 Å². The molecule has 116 valence electrons. The fraction of sp³-hybridized carbons (Fsp3) is 0.111. The molecule has 1 atom stereocenters. The molecule has 0 unspecified atom stereocenters. The number of amides is 1. The first-order valence-electron chi connectivity index (χ1n) is 7.31. The summed E-state index contributed by atoms with van der Waals surface area (Å²) in [7, 11) is 0. The monoisotopic (exact) mass is 309 g/mol. The van der Waals surface area contributed by atoms with Gasteiger partial charge in [0.1, 0.15) is 11.6 Å². The van der Waals surface area contributed by atoms with E-state index in [1.54, 1.807) is 30.5 Å². The molecule has 4 nitrogen and oxygen atoms in total. The number of carbonyl (C=O) groups excluding carboxylic acids is 1. The summed E-state index contributed by atoms with van der Waals surface area (Å²) in [4.78, 5) is 16.4. The first kappa shape index (κ1) is 15.0. The van der Waals surface area contributed by atoms with E-state index in [2.05, 4.69) is 10.3 Å². The summed E-state index contributed by atoms with van der Waals surface area (Å²) < 4.78 is 15.1. The highest BCUT2D eigenvalue weighted by Gasteiger charge is 2.17. The zero-order chi connectivity index (χ0) is 16.1. The number of aromatic nitrogens is 2. The Morgan fingerprint density at radius 1 is 1.09 bits per heavy atom. The second kappa shape index (κ2) is 6.87. The van der Waals surface area contributed by atoms with E-state index < -0.39 is 0 Å². The maximum absolute atomic E-state index is 13.1. The number of nitrogens with one attached hydrogen (secondary N) is 1. The van der Waals surface area contributed by atoms with Crippen molar-refractivity contribution in [3.8, 4) is 0 Å². The minimum atomic E-state index is -0.294. The van der Waals surface area contributed by atoms with Gasteiger partial charge in [0.05, 0.1) is 12.5 Å². The number of halogens is 1. The molecule has 2 heterocycles. The van der Waals surface area contributed by atoms with Gasteiger partial charge in [-0.05, 0) is 42.0 Å². The molecular formula is C18H16FN3O. The maximum atomic E-state index is 13.1. The molecule has 3 aromatic rings. The highest BCUT2D eigenvalue weighted by Crippen LogP contribution is 2.23. The Morgan fingerprint density at radius 2 is 1.83 bits per heavy atom. The molecule has 1 amide bonds. The first-order valence-corrected chi connectivity index (χ1v) is 7.31. The summed E-state index contributed by atoms with van der Waals surface area (Å²) in [6.45, 7) is 0. The van der Waals surface area contributed by atoms with Gasteiger partial charge in [-0.25, -0.2) is 9.37 Å². The van der Waals surface area contributed by atoms with Crippen molar-refractivity contribution in [2.45, 2.75) is 12.5 Å². The van der Waals surface area contributed by atoms with Crippen LogP contribution < -0.4 is 5.32 Å². The van der Waals surface area contributed by atoms with E-state index in [0.717, 1.165) is 5.56 Å². The quantitative estimate of drug-likeness (QED) is 0.782. The van der Waals surface area contributed by atoms with Crippen LogP contribution in [0.25, 0.3) is 0 Å². The van der Waals surface area contributed by atoms with Crippen LogP contribution in [0.1, 0.15) is 18.0 Å². The topological polar surface area (TPSA) is 46.9 Å². The van der Waals surface area contributed by atoms with Gasteiger partial charge in [-0.3, -0.25) is 4.79 Å². The van der Waals surface area contributed by atoms with Crippen molar-refractivity contribution in [1.29, 1.82) is 0 Å². The SMILES string of the molecule is O=C(C[C@H](c1ccc(F)cc1)n1cccc1)Nc1ccccn1.